The van der Waals surface area contributed by atoms with Gasteiger partial charge in [-0.2, -0.15) is 38.1 Å². The molecule has 0 aliphatic rings. The highest BCUT2D eigenvalue weighted by atomic mass is 32.2. The van der Waals surface area contributed by atoms with Gasteiger partial charge in [0.25, 0.3) is 0 Å². The van der Waals surface area contributed by atoms with Gasteiger partial charge in [-0.3, -0.25) is 0 Å². The lowest BCUT2D eigenvalue weighted by Crippen LogP contribution is -2.44. The van der Waals surface area contributed by atoms with Crippen LogP contribution < -0.4 is 0 Å². The molecule has 0 aromatic heterocycles. The number of hydrogen-bond donors (Lipinski definition) is 0. The van der Waals surface area contributed by atoms with E-state index in [-0.39, 0.29) is 79.0 Å². The summed E-state index contributed by atoms with van der Waals surface area (Å²) in [4.78, 5) is 9.44. The Hall–Kier alpha value is -0.490. The number of carbonyl (C=O) groups excluding carboxylic acids is 1. The van der Waals surface area contributed by atoms with Crippen molar-refractivity contribution in [2.45, 2.75) is 174 Å². The molecule has 0 amide bonds. The summed E-state index contributed by atoms with van der Waals surface area (Å²) in [6, 6.07) is 0. The van der Waals surface area contributed by atoms with E-state index in [0.29, 0.717) is 5.41 Å². The Morgan fingerprint density at radius 3 is 0.674 bits per heavy atom. The van der Waals surface area contributed by atoms with Gasteiger partial charge in [-0.1, -0.05) is 134 Å². The van der Waals surface area contributed by atoms with E-state index in [2.05, 4.69) is 60.1 Å². The smallest absolute Gasteiger partial charge is 0.388 e. The van der Waals surface area contributed by atoms with Crippen LogP contribution in [0.2, 0.25) is 0 Å². The normalized spacial score (nSPS) is 8.61. The van der Waals surface area contributed by atoms with E-state index in [1.807, 2.05) is 12.5 Å². The fourth-order valence-corrected chi connectivity index (χ4v) is 0.161. The quantitative estimate of drug-likeness (QED) is 0.250. The standard InChI is InChI=1S/C5H6F6.C5H12.C4H10.C3H6O.C3H8.C2H6O2S.C2H6O.C2H6S.8CH4/c1-3(2,4(6,7)8)5(9,10)11;1-5(2,3)4;1-3-4-2;1-3(2)4;1-3-2;1-5(2,3)4;2*1-3-2;;;;;;;;/h1-2H3;1-4H3;3-4H2,1-2H3;1-2H3;3H2,1-2H3;1-2H3;2*1-2H3;8*1H4. The van der Waals surface area contributed by atoms with Crippen LogP contribution in [0, 0.1) is 10.8 Å². The van der Waals surface area contributed by atoms with Crippen molar-refractivity contribution in [1.29, 1.82) is 0 Å². The molecule has 0 fully saturated rings. The highest BCUT2D eigenvalue weighted by Crippen LogP contribution is 2.49. The SMILES string of the molecule is C.C.C.C.C.C.C.C.CC(C)(C(F)(F)F)C(F)(F)F.CC(C)(C)C.CC(C)=O.CCC.CCCC.COC.CS(C)(=O)=O.CSC. The summed E-state index contributed by atoms with van der Waals surface area (Å²) in [6.07, 6.45) is -0.198. The summed E-state index contributed by atoms with van der Waals surface area (Å²) in [5.74, 6) is 0.167. The highest BCUT2D eigenvalue weighted by molar-refractivity contribution is 7.97. The third-order valence-electron chi connectivity index (χ3n) is 1.92. The Kier molecular flexibility index (Phi) is 135. The van der Waals surface area contributed by atoms with Crippen LogP contribution in [0.25, 0.3) is 0 Å². The number of alkyl halides is 6. The summed E-state index contributed by atoms with van der Waals surface area (Å²) in [7, 11) is 0.583. The van der Waals surface area contributed by atoms with Gasteiger partial charge in [-0.15, -0.1) is 0 Å². The van der Waals surface area contributed by atoms with E-state index in [4.69, 9.17) is 0 Å². The van der Waals surface area contributed by atoms with Crippen molar-refractivity contribution in [3.63, 3.8) is 0 Å². The van der Waals surface area contributed by atoms with Crippen LogP contribution in [0.5, 0.6) is 0 Å². The number of halogens is 6. The molecule has 0 rings (SSSR count). The summed E-state index contributed by atoms with van der Waals surface area (Å²) in [5, 5.41) is 0. The number of carbonyl (C=O) groups is 1. The fraction of sp³-hybridized carbons (Fsp3) is 0.971. The Labute approximate surface area is 295 Å². The summed E-state index contributed by atoms with van der Waals surface area (Å²) >= 11 is 1.75. The van der Waals surface area contributed by atoms with E-state index < -0.39 is 27.6 Å². The van der Waals surface area contributed by atoms with Crippen molar-refractivity contribution in [1.82, 2.24) is 0 Å². The van der Waals surface area contributed by atoms with Gasteiger partial charge in [0.1, 0.15) is 15.6 Å². The second kappa shape index (κ2) is 59.9. The van der Waals surface area contributed by atoms with Crippen molar-refractivity contribution in [2.24, 2.45) is 10.8 Å². The number of hydrogen-bond acceptors (Lipinski definition) is 5. The molecule has 0 saturated heterocycles. The van der Waals surface area contributed by atoms with Gasteiger partial charge in [0.2, 0.25) is 0 Å². The number of methoxy groups -OCH3 is 1. The molecule has 46 heavy (non-hydrogen) atoms. The molecule has 0 aliphatic heterocycles. The second-order valence-corrected chi connectivity index (χ2v) is 13.3. The van der Waals surface area contributed by atoms with Gasteiger partial charge in [0, 0.05) is 26.7 Å². The molecular weight excluding hydrogens is 650 g/mol. The highest BCUT2D eigenvalue weighted by Gasteiger charge is 2.64. The van der Waals surface area contributed by atoms with Gasteiger partial charge in [-0.25, -0.2) is 8.42 Å². The van der Waals surface area contributed by atoms with Crippen LogP contribution >= 0.6 is 11.8 Å². The van der Waals surface area contributed by atoms with Crippen LogP contribution in [0.1, 0.15) is 162 Å². The molecule has 0 aromatic carbocycles. The number of sulfone groups is 1. The molecule has 0 aromatic rings. The van der Waals surface area contributed by atoms with Crippen molar-refractivity contribution >= 4 is 27.4 Å². The molecule has 0 aliphatic carbocycles. The average molecular weight is 743 g/mol. The lowest BCUT2D eigenvalue weighted by atomic mass is 9.92. The largest absolute Gasteiger partial charge is 0.402 e. The molecule has 0 bridgehead atoms. The van der Waals surface area contributed by atoms with E-state index in [9.17, 15) is 39.6 Å². The molecule has 0 spiro atoms. The summed E-state index contributed by atoms with van der Waals surface area (Å²) in [5.41, 5.74) is -3.12. The van der Waals surface area contributed by atoms with E-state index in [1.165, 1.54) is 33.1 Å². The predicted molar refractivity (Wildman–Crippen MR) is 211 cm³/mol. The first-order valence-electron chi connectivity index (χ1n) is 11.9. The van der Waals surface area contributed by atoms with E-state index in [0.717, 1.165) is 12.5 Å². The molecular formula is C34H92F6O4S2. The summed E-state index contributed by atoms with van der Waals surface area (Å²) in [6.45, 7) is 20.6. The van der Waals surface area contributed by atoms with Crippen molar-refractivity contribution < 1.29 is 44.3 Å². The molecule has 0 N–H and O–H groups in total. The fourth-order valence-electron chi connectivity index (χ4n) is 0.161. The maximum absolute atomic E-state index is 11.6. The predicted octanol–water partition coefficient (Wildman–Crippen LogP) is 15.0. The Bertz CT molecular complexity index is 517. The van der Waals surface area contributed by atoms with Crippen LogP contribution in [-0.4, -0.2) is 65.8 Å². The second-order valence-electron chi connectivity index (χ2n) is 10.2. The van der Waals surface area contributed by atoms with Crippen LogP contribution in [0.3, 0.4) is 0 Å². The first-order chi connectivity index (χ1) is 16.4. The van der Waals surface area contributed by atoms with Gasteiger partial charge in [0.15, 0.2) is 5.41 Å². The molecule has 0 radical (unpaired) electrons. The Morgan fingerprint density at radius 1 is 0.609 bits per heavy atom. The number of Topliss-reactive ketones (excluding diaryl/α,β-unsaturated/α-hetero) is 1. The van der Waals surface area contributed by atoms with E-state index >= 15 is 0 Å². The summed E-state index contributed by atoms with van der Waals surface area (Å²) < 4.78 is 93.2. The maximum atomic E-state index is 11.6. The first-order valence-corrected chi connectivity index (χ1v) is 15.9. The van der Waals surface area contributed by atoms with E-state index in [1.54, 1.807) is 26.0 Å². The zero-order valence-corrected chi connectivity index (χ0v) is 29.0. The van der Waals surface area contributed by atoms with Crippen molar-refractivity contribution in [3.8, 4) is 0 Å². The Morgan fingerprint density at radius 2 is 0.674 bits per heavy atom. The minimum absolute atomic E-state index is 0. The zero-order chi connectivity index (χ0) is 33.6. The topological polar surface area (TPSA) is 60.4 Å². The number of ketones is 1. The monoisotopic (exact) mass is 743 g/mol. The molecule has 306 valence electrons. The average Bonchev–Trinajstić information content (AvgIpc) is 2.59. The van der Waals surface area contributed by atoms with Crippen LogP contribution in [-0.2, 0) is 19.4 Å². The Balaban J connectivity index is -0.0000000164. The molecule has 0 heterocycles. The van der Waals surface area contributed by atoms with Crippen molar-refractivity contribution in [2.75, 3.05) is 39.2 Å². The number of unbranched alkanes of at least 4 members (excludes halogenated alkanes) is 1. The molecule has 4 nitrogen and oxygen atoms in total. The lowest BCUT2D eigenvalue weighted by molar-refractivity contribution is -0.327. The van der Waals surface area contributed by atoms with Gasteiger partial charge in [0.05, 0.1) is 0 Å². The zero-order valence-electron chi connectivity index (χ0n) is 27.3. The van der Waals surface area contributed by atoms with Gasteiger partial charge < -0.3 is 9.53 Å². The number of ether oxygens (including phenoxy) is 1. The van der Waals surface area contributed by atoms with Crippen molar-refractivity contribution in [3.05, 3.63) is 0 Å². The van der Waals surface area contributed by atoms with Crippen LogP contribution in [0.15, 0.2) is 0 Å². The van der Waals surface area contributed by atoms with Gasteiger partial charge >= 0.3 is 12.4 Å². The number of thioether (sulfide) groups is 1. The minimum atomic E-state index is -5.24. The molecule has 12 heteroatoms. The van der Waals surface area contributed by atoms with Gasteiger partial charge in [-0.05, 0) is 45.6 Å². The first kappa shape index (κ1) is 104. The number of rotatable bonds is 1. The minimum Gasteiger partial charge on any atom is -0.388 e. The molecule has 0 unspecified atom stereocenters. The van der Waals surface area contributed by atoms with Crippen LogP contribution in [0.4, 0.5) is 26.3 Å². The third kappa shape index (κ3) is 229. The lowest BCUT2D eigenvalue weighted by Gasteiger charge is -2.29. The maximum Gasteiger partial charge on any atom is 0.402 e. The molecule has 0 saturated carbocycles. The molecule has 0 atom stereocenters. The third-order valence-corrected chi connectivity index (χ3v) is 1.92.